The topological polar surface area (TPSA) is 91.0 Å². The van der Waals surface area contributed by atoms with Crippen molar-refractivity contribution in [1.29, 1.82) is 0 Å². The van der Waals surface area contributed by atoms with Crippen molar-refractivity contribution in [2.45, 2.75) is 6.92 Å². The number of oxime groups is 1. The smallest absolute Gasteiger partial charge is 0.377 e. The zero-order chi connectivity index (χ0) is 9.56. The summed E-state index contributed by atoms with van der Waals surface area (Å²) in [5, 5.41) is 2.95. The summed E-state index contributed by atoms with van der Waals surface area (Å²) in [6.45, 7) is 4.62. The lowest BCUT2D eigenvalue weighted by Gasteiger charge is -1.98. The first-order valence-electron chi connectivity index (χ1n) is 3.11. The van der Waals surface area contributed by atoms with E-state index in [-0.39, 0.29) is 6.61 Å². The minimum atomic E-state index is -0.901. The fourth-order valence-electron chi connectivity index (χ4n) is 0.342. The van der Waals surface area contributed by atoms with Crippen LogP contribution in [-0.2, 0) is 19.2 Å². The number of rotatable bonds is 2. The van der Waals surface area contributed by atoms with E-state index in [1.165, 1.54) is 0 Å². The van der Waals surface area contributed by atoms with E-state index in [1.54, 1.807) is 6.92 Å². The molecule has 0 saturated carbocycles. The molecule has 0 aliphatic rings. The number of carbonyl (C=O) groups excluding carboxylic acids is 2. The van der Waals surface area contributed by atoms with Gasteiger partial charge in [0.25, 0.3) is 0 Å². The molecule has 0 amide bonds. The Labute approximate surface area is 69.3 Å². The number of nitrogens with zero attached hydrogens (tertiary/aromatic N) is 1. The number of hydrogen-bond acceptors (Lipinski definition) is 5. The van der Waals surface area contributed by atoms with Gasteiger partial charge < -0.3 is 15.3 Å². The Morgan fingerprint density at radius 3 is 2.58 bits per heavy atom. The van der Waals surface area contributed by atoms with E-state index >= 15 is 0 Å². The fraction of sp³-hybridized carbons (Fsp3) is 0.333. The molecule has 0 aromatic rings. The fourth-order valence-corrected chi connectivity index (χ4v) is 0.342. The average molecular weight is 173 g/mol. The number of amidine groups is 1. The summed E-state index contributed by atoms with van der Waals surface area (Å²) in [5.41, 5.74) is 5.02. The summed E-state index contributed by atoms with van der Waals surface area (Å²) < 4.78 is 4.43. The van der Waals surface area contributed by atoms with Gasteiger partial charge in [0.2, 0.25) is 5.84 Å². The predicted molar refractivity (Wildman–Crippen MR) is 39.7 cm³/mol. The molecule has 0 aliphatic carbocycles. The molecule has 0 rings (SSSR count). The zero-order valence-corrected chi connectivity index (χ0v) is 6.57. The maximum absolute atomic E-state index is 10.7. The van der Waals surface area contributed by atoms with Crippen molar-refractivity contribution in [2.75, 3.05) is 6.61 Å². The third kappa shape index (κ3) is 4.26. The van der Waals surface area contributed by atoms with E-state index in [2.05, 4.69) is 21.7 Å². The third-order valence-electron chi connectivity index (χ3n) is 0.730. The molecule has 0 spiro atoms. The Balaban J connectivity index is 3.99. The normalized spacial score (nSPS) is 10.7. The van der Waals surface area contributed by atoms with Gasteiger partial charge in [0.1, 0.15) is 0 Å². The molecule has 2 N–H and O–H groups in total. The third-order valence-corrected chi connectivity index (χ3v) is 0.730. The molecule has 0 aromatic carbocycles. The monoisotopic (exact) mass is 173 g/mol. The molecule has 0 aromatic heterocycles. The van der Waals surface area contributed by atoms with Crippen LogP contribution in [0.15, 0.2) is 5.16 Å². The summed E-state index contributed by atoms with van der Waals surface area (Å²) >= 11 is 0. The highest BCUT2D eigenvalue weighted by atomic mass is 16.7. The van der Waals surface area contributed by atoms with E-state index in [0.29, 0.717) is 0 Å². The summed E-state index contributed by atoms with van der Waals surface area (Å²) in [5.74, 6) is -2.25. The Kier molecular flexibility index (Phi) is 4.43. The maximum Gasteiger partial charge on any atom is 0.377 e. The van der Waals surface area contributed by atoms with Crippen LogP contribution in [0.5, 0.6) is 0 Å². The van der Waals surface area contributed by atoms with Crippen molar-refractivity contribution < 1.29 is 19.2 Å². The highest BCUT2D eigenvalue weighted by molar-refractivity contribution is 6.34. The highest BCUT2D eigenvalue weighted by Gasteiger charge is 2.08. The second kappa shape index (κ2) is 5.11. The van der Waals surface area contributed by atoms with Crippen LogP contribution in [0.2, 0.25) is 0 Å². The van der Waals surface area contributed by atoms with Crippen LogP contribution in [0.3, 0.4) is 0 Å². The Bertz CT molecular complexity index is 212. The standard InChI is InChI=1S/C6H9N2O4/c1-3-11-6(10)5(7)8-12-4(2)9/h2-3H2,1H3,(H2,7,8). The van der Waals surface area contributed by atoms with Crippen LogP contribution >= 0.6 is 0 Å². The van der Waals surface area contributed by atoms with E-state index in [4.69, 9.17) is 5.73 Å². The van der Waals surface area contributed by atoms with Crippen LogP contribution in [0.25, 0.3) is 0 Å². The van der Waals surface area contributed by atoms with Gasteiger partial charge in [-0.1, -0.05) is 5.16 Å². The van der Waals surface area contributed by atoms with Gasteiger partial charge in [-0.05, 0) is 6.92 Å². The highest BCUT2D eigenvalue weighted by Crippen LogP contribution is 1.82. The van der Waals surface area contributed by atoms with Crippen molar-refractivity contribution in [3.8, 4) is 0 Å². The van der Waals surface area contributed by atoms with Crippen LogP contribution in [0.1, 0.15) is 6.92 Å². The molecule has 0 unspecified atom stereocenters. The lowest BCUT2D eigenvalue weighted by Crippen LogP contribution is -2.26. The molecule has 67 valence electrons. The maximum atomic E-state index is 10.7. The van der Waals surface area contributed by atoms with Crippen molar-refractivity contribution in [3.63, 3.8) is 0 Å². The van der Waals surface area contributed by atoms with E-state index < -0.39 is 17.8 Å². The first-order valence-corrected chi connectivity index (χ1v) is 3.11. The van der Waals surface area contributed by atoms with Crippen LogP contribution < -0.4 is 5.73 Å². The van der Waals surface area contributed by atoms with Crippen LogP contribution in [-0.4, -0.2) is 24.4 Å². The number of nitrogens with two attached hydrogens (primary N) is 1. The molecule has 6 nitrogen and oxygen atoms in total. The molecule has 0 saturated heterocycles. The number of carbonyl (C=O) groups is 2. The van der Waals surface area contributed by atoms with Crippen molar-refractivity contribution in [3.05, 3.63) is 6.92 Å². The second-order valence-electron chi connectivity index (χ2n) is 1.66. The van der Waals surface area contributed by atoms with Crippen molar-refractivity contribution in [1.82, 2.24) is 0 Å². The van der Waals surface area contributed by atoms with Gasteiger partial charge in [0, 0.05) is 0 Å². The Hall–Kier alpha value is -1.59. The first-order chi connectivity index (χ1) is 5.57. The van der Waals surface area contributed by atoms with Gasteiger partial charge >= 0.3 is 11.9 Å². The lowest BCUT2D eigenvalue weighted by atomic mass is 10.6. The summed E-state index contributed by atoms with van der Waals surface area (Å²) in [6, 6.07) is 0. The molecular formula is C6H9N2O4. The van der Waals surface area contributed by atoms with E-state index in [0.717, 1.165) is 0 Å². The van der Waals surface area contributed by atoms with E-state index in [1.807, 2.05) is 0 Å². The summed E-state index contributed by atoms with van der Waals surface area (Å²) in [7, 11) is 0. The van der Waals surface area contributed by atoms with Gasteiger partial charge in [0.05, 0.1) is 13.5 Å². The minimum absolute atomic E-state index is 0.174. The van der Waals surface area contributed by atoms with Crippen molar-refractivity contribution >= 4 is 17.8 Å². The number of hydrogen-bond donors (Lipinski definition) is 1. The van der Waals surface area contributed by atoms with Crippen LogP contribution in [0, 0.1) is 6.92 Å². The molecule has 1 radical (unpaired) electrons. The number of ether oxygens (including phenoxy) is 1. The zero-order valence-electron chi connectivity index (χ0n) is 6.57. The van der Waals surface area contributed by atoms with Gasteiger partial charge in [-0.25, -0.2) is 9.59 Å². The quantitative estimate of drug-likeness (QED) is 0.194. The van der Waals surface area contributed by atoms with Gasteiger partial charge in [0.15, 0.2) is 0 Å². The SMILES string of the molecule is [CH2]C(=O)ON=C(N)C(=O)OCC. The first kappa shape index (κ1) is 10.4. The molecule has 6 heteroatoms. The second-order valence-corrected chi connectivity index (χ2v) is 1.66. The van der Waals surface area contributed by atoms with Crippen LogP contribution in [0.4, 0.5) is 0 Å². The summed E-state index contributed by atoms with van der Waals surface area (Å²) in [4.78, 5) is 24.7. The largest absolute Gasteiger partial charge is 0.460 e. The molecule has 12 heavy (non-hydrogen) atoms. The molecule has 0 atom stereocenters. The molecule has 0 fully saturated rings. The Morgan fingerprint density at radius 1 is 1.58 bits per heavy atom. The van der Waals surface area contributed by atoms with Crippen molar-refractivity contribution in [2.24, 2.45) is 10.9 Å². The average Bonchev–Trinajstić information content (AvgIpc) is 2.00. The van der Waals surface area contributed by atoms with E-state index in [9.17, 15) is 9.59 Å². The molecular weight excluding hydrogens is 164 g/mol. The molecule has 0 heterocycles. The minimum Gasteiger partial charge on any atom is -0.460 e. The van der Waals surface area contributed by atoms with Gasteiger partial charge in [-0.2, -0.15) is 0 Å². The predicted octanol–water partition coefficient (Wildman–Crippen LogP) is -0.801. The number of esters is 1. The lowest BCUT2D eigenvalue weighted by molar-refractivity contribution is -0.138. The van der Waals surface area contributed by atoms with Gasteiger partial charge in [-0.3, -0.25) is 0 Å². The molecule has 0 bridgehead atoms. The van der Waals surface area contributed by atoms with Gasteiger partial charge in [-0.15, -0.1) is 0 Å². The Morgan fingerprint density at radius 2 is 2.17 bits per heavy atom. The summed E-state index contributed by atoms with van der Waals surface area (Å²) in [6.07, 6.45) is 0. The molecule has 0 aliphatic heterocycles.